The van der Waals surface area contributed by atoms with Gasteiger partial charge in [-0.15, -0.1) is 11.3 Å². The van der Waals surface area contributed by atoms with Gasteiger partial charge in [0.05, 0.1) is 15.6 Å². The van der Waals surface area contributed by atoms with Crippen molar-refractivity contribution in [2.45, 2.75) is 19.4 Å². The van der Waals surface area contributed by atoms with E-state index in [2.05, 4.69) is 26.2 Å². The molecular formula is C13H13BrN2O2S. The number of hydrogen-bond acceptors (Lipinski definition) is 3. The summed E-state index contributed by atoms with van der Waals surface area (Å²) in [7, 11) is 0. The van der Waals surface area contributed by atoms with E-state index in [0.29, 0.717) is 10.0 Å². The molecule has 0 radical (unpaired) electrons. The summed E-state index contributed by atoms with van der Waals surface area (Å²) in [5, 5.41) is 4.92. The molecule has 100 valence electrons. The second-order valence-electron chi connectivity index (χ2n) is 4.62. The molecule has 19 heavy (non-hydrogen) atoms. The molecule has 0 bridgehead atoms. The molecule has 0 aromatic carbocycles. The molecular weight excluding hydrogens is 328 g/mol. The van der Waals surface area contributed by atoms with E-state index < -0.39 is 5.54 Å². The molecule has 0 fully saturated rings. The number of nitrogens with one attached hydrogen (secondary N) is 2. The Kier molecular flexibility index (Phi) is 3.91. The van der Waals surface area contributed by atoms with E-state index in [4.69, 9.17) is 0 Å². The van der Waals surface area contributed by atoms with Gasteiger partial charge in [0, 0.05) is 11.1 Å². The van der Waals surface area contributed by atoms with Gasteiger partial charge in [0.1, 0.15) is 0 Å². The number of halogens is 1. The fraction of sp³-hybridized carbons (Fsp3) is 0.231. The largest absolute Gasteiger partial charge is 0.342 e. The summed E-state index contributed by atoms with van der Waals surface area (Å²) in [5.74, 6) is -0.227. The summed E-state index contributed by atoms with van der Waals surface area (Å²) in [4.78, 5) is 27.0. The molecule has 2 aromatic heterocycles. The number of carbonyl (C=O) groups excluding carboxylic acids is 1. The molecule has 0 aliphatic rings. The number of aromatic amines is 1. The van der Waals surface area contributed by atoms with E-state index in [-0.39, 0.29) is 11.5 Å². The van der Waals surface area contributed by atoms with Crippen molar-refractivity contribution >= 4 is 33.2 Å². The summed E-state index contributed by atoms with van der Waals surface area (Å²) in [6.07, 6.45) is 1.41. The van der Waals surface area contributed by atoms with E-state index in [1.54, 1.807) is 11.3 Å². The van der Waals surface area contributed by atoms with Crippen LogP contribution >= 0.6 is 27.3 Å². The molecule has 0 saturated carbocycles. The molecule has 0 aliphatic heterocycles. The van der Waals surface area contributed by atoms with Crippen molar-refractivity contribution < 1.29 is 4.79 Å². The minimum Gasteiger partial charge on any atom is -0.342 e. The second kappa shape index (κ2) is 5.30. The van der Waals surface area contributed by atoms with E-state index in [1.807, 2.05) is 31.4 Å². The van der Waals surface area contributed by atoms with Gasteiger partial charge < -0.3 is 10.3 Å². The van der Waals surface area contributed by atoms with Crippen LogP contribution < -0.4 is 10.9 Å². The number of aromatic nitrogens is 1. The first-order chi connectivity index (χ1) is 8.90. The normalized spacial score (nSPS) is 11.3. The van der Waals surface area contributed by atoms with Crippen LogP contribution in [-0.4, -0.2) is 10.9 Å². The highest BCUT2D eigenvalue weighted by Crippen LogP contribution is 2.25. The molecule has 2 rings (SSSR count). The van der Waals surface area contributed by atoms with Crippen LogP contribution in [0.15, 0.2) is 39.0 Å². The van der Waals surface area contributed by atoms with Crippen LogP contribution in [0.2, 0.25) is 0 Å². The summed E-state index contributed by atoms with van der Waals surface area (Å²) < 4.78 is 0.342. The first-order valence-electron chi connectivity index (χ1n) is 5.65. The van der Waals surface area contributed by atoms with Crippen LogP contribution in [0.4, 0.5) is 0 Å². The van der Waals surface area contributed by atoms with Crippen molar-refractivity contribution in [1.82, 2.24) is 10.3 Å². The molecule has 0 unspecified atom stereocenters. The quantitative estimate of drug-likeness (QED) is 0.902. The molecule has 2 N–H and O–H groups in total. The Balaban J connectivity index is 2.21. The van der Waals surface area contributed by atoms with Gasteiger partial charge in [-0.25, -0.2) is 0 Å². The lowest BCUT2D eigenvalue weighted by Crippen LogP contribution is -2.40. The average Bonchev–Trinajstić information content (AvgIpc) is 2.86. The number of hydrogen-bond donors (Lipinski definition) is 2. The zero-order valence-corrected chi connectivity index (χ0v) is 12.9. The van der Waals surface area contributed by atoms with Gasteiger partial charge in [0.2, 0.25) is 0 Å². The number of H-pyrrole nitrogens is 1. The second-order valence-corrected chi connectivity index (χ2v) is 6.42. The predicted octanol–water partition coefficient (Wildman–Crippen LogP) is 2.86. The van der Waals surface area contributed by atoms with E-state index in [0.717, 1.165) is 4.88 Å². The number of carbonyl (C=O) groups is 1. The van der Waals surface area contributed by atoms with Crippen molar-refractivity contribution in [3.05, 3.63) is 55.0 Å². The highest BCUT2D eigenvalue weighted by Gasteiger charge is 2.24. The third-order valence-corrected chi connectivity index (χ3v) is 4.47. The van der Waals surface area contributed by atoms with Crippen LogP contribution in [0.3, 0.4) is 0 Å². The molecule has 1 amide bonds. The number of rotatable bonds is 3. The fourth-order valence-electron chi connectivity index (χ4n) is 1.64. The maximum atomic E-state index is 12.2. The van der Waals surface area contributed by atoms with Gasteiger partial charge in [0.15, 0.2) is 0 Å². The lowest BCUT2D eigenvalue weighted by Gasteiger charge is -2.25. The molecule has 2 aromatic rings. The maximum absolute atomic E-state index is 12.2. The third-order valence-electron chi connectivity index (χ3n) is 2.68. The Morgan fingerprint density at radius 1 is 1.47 bits per heavy atom. The molecule has 0 spiro atoms. The van der Waals surface area contributed by atoms with Crippen molar-refractivity contribution in [2.24, 2.45) is 0 Å². The van der Waals surface area contributed by atoms with Gasteiger partial charge in [-0.3, -0.25) is 9.59 Å². The molecule has 0 atom stereocenters. The van der Waals surface area contributed by atoms with Gasteiger partial charge in [-0.2, -0.15) is 0 Å². The number of thiophene rings is 1. The minimum absolute atomic E-state index is 0.227. The number of amides is 1. The Labute approximate surface area is 123 Å². The van der Waals surface area contributed by atoms with Gasteiger partial charge in [0.25, 0.3) is 11.5 Å². The standard InChI is InChI=1S/C13H13BrN2O2S/c1-13(2,10-4-3-5-19-10)16-11(17)8-6-9(14)12(18)15-7-8/h3-7H,1-2H3,(H,15,18)(H,16,17). The minimum atomic E-state index is -0.451. The van der Waals surface area contributed by atoms with Crippen LogP contribution in [-0.2, 0) is 5.54 Å². The predicted molar refractivity (Wildman–Crippen MR) is 79.6 cm³/mol. The first kappa shape index (κ1) is 14.0. The van der Waals surface area contributed by atoms with Crippen LogP contribution in [0.5, 0.6) is 0 Å². The van der Waals surface area contributed by atoms with Gasteiger partial charge >= 0.3 is 0 Å². The first-order valence-corrected chi connectivity index (χ1v) is 7.32. The van der Waals surface area contributed by atoms with Crippen LogP contribution in [0, 0.1) is 0 Å². The summed E-state index contributed by atoms with van der Waals surface area (Å²) in [5.41, 5.74) is -0.293. The van der Waals surface area contributed by atoms with Crippen molar-refractivity contribution in [2.75, 3.05) is 0 Å². The SMILES string of the molecule is CC(C)(NC(=O)c1c[nH]c(=O)c(Br)c1)c1cccs1. The summed E-state index contributed by atoms with van der Waals surface area (Å²) >= 11 is 4.70. The molecule has 0 saturated heterocycles. The number of pyridine rings is 1. The van der Waals surface area contributed by atoms with Crippen molar-refractivity contribution in [3.8, 4) is 0 Å². The zero-order chi connectivity index (χ0) is 14.0. The van der Waals surface area contributed by atoms with Crippen LogP contribution in [0.1, 0.15) is 29.1 Å². The van der Waals surface area contributed by atoms with Crippen molar-refractivity contribution in [1.29, 1.82) is 0 Å². The smallest absolute Gasteiger partial charge is 0.262 e. The zero-order valence-electron chi connectivity index (χ0n) is 10.5. The molecule has 2 heterocycles. The van der Waals surface area contributed by atoms with Crippen LogP contribution in [0.25, 0.3) is 0 Å². The highest BCUT2D eigenvalue weighted by molar-refractivity contribution is 9.10. The Morgan fingerprint density at radius 2 is 2.21 bits per heavy atom. The topological polar surface area (TPSA) is 62.0 Å². The summed E-state index contributed by atoms with van der Waals surface area (Å²) in [6.45, 7) is 3.88. The lowest BCUT2D eigenvalue weighted by molar-refractivity contribution is 0.0913. The van der Waals surface area contributed by atoms with E-state index in [1.165, 1.54) is 12.3 Å². The summed E-state index contributed by atoms with van der Waals surface area (Å²) in [6, 6.07) is 5.44. The monoisotopic (exact) mass is 340 g/mol. The van der Waals surface area contributed by atoms with E-state index in [9.17, 15) is 9.59 Å². The fourth-order valence-corrected chi connectivity index (χ4v) is 2.81. The Bertz CT molecular complexity index is 647. The van der Waals surface area contributed by atoms with E-state index >= 15 is 0 Å². The molecule has 6 heteroatoms. The van der Waals surface area contributed by atoms with Crippen molar-refractivity contribution in [3.63, 3.8) is 0 Å². The Hall–Kier alpha value is -1.40. The van der Waals surface area contributed by atoms with Gasteiger partial charge in [-0.1, -0.05) is 6.07 Å². The Morgan fingerprint density at radius 3 is 2.79 bits per heavy atom. The molecule has 4 nitrogen and oxygen atoms in total. The third kappa shape index (κ3) is 3.13. The maximum Gasteiger partial charge on any atom is 0.262 e. The average molecular weight is 341 g/mol. The lowest BCUT2D eigenvalue weighted by atomic mass is 10.0. The highest BCUT2D eigenvalue weighted by atomic mass is 79.9. The molecule has 0 aliphatic carbocycles. The van der Waals surface area contributed by atoms with Gasteiger partial charge in [-0.05, 0) is 47.3 Å².